The van der Waals surface area contributed by atoms with Gasteiger partial charge in [0.05, 0.1) is 6.54 Å². The lowest BCUT2D eigenvalue weighted by molar-refractivity contribution is -0.141. The molecule has 1 aromatic carbocycles. The fourth-order valence-corrected chi connectivity index (χ4v) is 1.43. The minimum Gasteiger partial charge on any atom is -0.480 e. The van der Waals surface area contributed by atoms with Gasteiger partial charge < -0.3 is 15.7 Å². The molecule has 0 saturated carbocycles. The molecule has 6 nitrogen and oxygen atoms in total. The molecule has 2 amide bonds. The number of aliphatic carboxylic acids is 1. The molecule has 0 aliphatic carbocycles. The quantitative estimate of drug-likeness (QED) is 0.571. The Kier molecular flexibility index (Phi) is 5.37. The summed E-state index contributed by atoms with van der Waals surface area (Å²) >= 11 is 0. The summed E-state index contributed by atoms with van der Waals surface area (Å²) in [5, 5.41) is 13.5. The second kappa shape index (κ2) is 7.05. The summed E-state index contributed by atoms with van der Waals surface area (Å²) in [4.78, 5) is 32.3. The van der Waals surface area contributed by atoms with E-state index in [2.05, 4.69) is 10.6 Å². The van der Waals surface area contributed by atoms with E-state index in [1.165, 1.54) is 0 Å². The van der Waals surface area contributed by atoms with Gasteiger partial charge in [0.25, 0.3) is 0 Å². The molecule has 1 rings (SSSR count). The van der Waals surface area contributed by atoms with Crippen molar-refractivity contribution in [2.75, 3.05) is 6.54 Å². The maximum Gasteiger partial charge on any atom is 0.326 e. The van der Waals surface area contributed by atoms with Crippen LogP contribution in [0.15, 0.2) is 30.3 Å². The van der Waals surface area contributed by atoms with E-state index in [1.807, 2.05) is 6.07 Å². The van der Waals surface area contributed by atoms with Crippen LogP contribution in [-0.2, 0) is 20.8 Å². The van der Waals surface area contributed by atoms with Crippen LogP contribution >= 0.6 is 0 Å². The molecule has 0 aromatic heterocycles. The zero-order valence-electron chi connectivity index (χ0n) is 9.63. The molecular formula is C12H14N2O4. The molecule has 1 unspecified atom stereocenters. The summed E-state index contributed by atoms with van der Waals surface area (Å²) in [7, 11) is 0. The molecule has 1 aromatic rings. The first-order chi connectivity index (χ1) is 8.63. The summed E-state index contributed by atoms with van der Waals surface area (Å²) in [6.07, 6.45) is 0.579. The molecule has 18 heavy (non-hydrogen) atoms. The molecule has 0 saturated heterocycles. The van der Waals surface area contributed by atoms with Gasteiger partial charge in [0.15, 0.2) is 0 Å². The molecule has 0 radical (unpaired) electrons. The highest BCUT2D eigenvalue weighted by Gasteiger charge is 2.19. The number of amides is 2. The highest BCUT2D eigenvalue weighted by atomic mass is 16.4. The molecular weight excluding hydrogens is 236 g/mol. The minimum absolute atomic E-state index is 0.197. The normalized spacial score (nSPS) is 11.3. The van der Waals surface area contributed by atoms with Crippen LogP contribution in [0.4, 0.5) is 0 Å². The van der Waals surface area contributed by atoms with E-state index in [0.29, 0.717) is 6.41 Å². The van der Waals surface area contributed by atoms with Gasteiger partial charge in [-0.05, 0) is 5.56 Å². The molecule has 0 heterocycles. The van der Waals surface area contributed by atoms with Crippen molar-refractivity contribution in [3.05, 3.63) is 35.9 Å². The topological polar surface area (TPSA) is 95.5 Å². The number of carbonyl (C=O) groups is 3. The van der Waals surface area contributed by atoms with Crippen molar-refractivity contribution >= 4 is 18.3 Å². The van der Waals surface area contributed by atoms with E-state index in [4.69, 9.17) is 5.11 Å². The number of carbonyl (C=O) groups excluding carboxylic acids is 2. The third-order valence-electron chi connectivity index (χ3n) is 2.26. The van der Waals surface area contributed by atoms with Crippen molar-refractivity contribution < 1.29 is 19.5 Å². The Balaban J connectivity index is 2.58. The fraction of sp³-hybridized carbons (Fsp3) is 0.250. The summed E-state index contributed by atoms with van der Waals surface area (Å²) in [6.45, 7) is -0.234. The van der Waals surface area contributed by atoms with Gasteiger partial charge in [0, 0.05) is 6.42 Å². The third kappa shape index (κ3) is 4.65. The highest BCUT2D eigenvalue weighted by molar-refractivity contribution is 5.85. The van der Waals surface area contributed by atoms with Crippen molar-refractivity contribution in [2.24, 2.45) is 0 Å². The monoisotopic (exact) mass is 250 g/mol. The number of rotatable bonds is 7. The summed E-state index contributed by atoms with van der Waals surface area (Å²) in [6, 6.07) is 7.98. The van der Waals surface area contributed by atoms with Gasteiger partial charge in [0.1, 0.15) is 6.04 Å². The van der Waals surface area contributed by atoms with Crippen LogP contribution < -0.4 is 10.6 Å². The zero-order valence-corrected chi connectivity index (χ0v) is 9.63. The van der Waals surface area contributed by atoms with Crippen molar-refractivity contribution in [3.63, 3.8) is 0 Å². The minimum atomic E-state index is -1.11. The molecule has 6 heteroatoms. The van der Waals surface area contributed by atoms with E-state index >= 15 is 0 Å². The van der Waals surface area contributed by atoms with Gasteiger partial charge in [-0.25, -0.2) is 4.79 Å². The van der Waals surface area contributed by atoms with Crippen molar-refractivity contribution in [1.29, 1.82) is 0 Å². The lowest BCUT2D eigenvalue weighted by Crippen LogP contribution is -2.45. The maximum atomic E-state index is 11.3. The van der Waals surface area contributed by atoms with Crippen LogP contribution in [0, 0.1) is 0 Å². The number of hydrogen-bond acceptors (Lipinski definition) is 3. The molecule has 0 spiro atoms. The van der Waals surface area contributed by atoms with Crippen LogP contribution in [0.25, 0.3) is 0 Å². The van der Waals surface area contributed by atoms with Crippen LogP contribution in [0.5, 0.6) is 0 Å². The SMILES string of the molecule is O=CNCC(=O)NC(Cc1ccccc1)C(=O)O. The first-order valence-electron chi connectivity index (χ1n) is 5.36. The summed E-state index contributed by atoms with van der Waals surface area (Å²) in [5.41, 5.74) is 0.813. The second-order valence-corrected chi connectivity index (χ2v) is 3.65. The second-order valence-electron chi connectivity index (χ2n) is 3.65. The zero-order chi connectivity index (χ0) is 13.4. The Morgan fingerprint density at radius 3 is 2.50 bits per heavy atom. The van der Waals surface area contributed by atoms with E-state index in [0.717, 1.165) is 5.56 Å². The standard InChI is InChI=1S/C12H14N2O4/c15-8-13-7-11(16)14-10(12(17)18)6-9-4-2-1-3-5-9/h1-5,8,10H,6-7H2,(H,13,15)(H,14,16)(H,17,18). The molecule has 1 atom stereocenters. The van der Waals surface area contributed by atoms with Gasteiger partial charge >= 0.3 is 5.97 Å². The van der Waals surface area contributed by atoms with Gasteiger partial charge in [-0.15, -0.1) is 0 Å². The average Bonchev–Trinajstić information content (AvgIpc) is 2.36. The van der Waals surface area contributed by atoms with E-state index < -0.39 is 17.9 Å². The highest BCUT2D eigenvalue weighted by Crippen LogP contribution is 2.03. The van der Waals surface area contributed by atoms with Crippen LogP contribution in [0.3, 0.4) is 0 Å². The van der Waals surface area contributed by atoms with Gasteiger partial charge in [0.2, 0.25) is 12.3 Å². The maximum absolute atomic E-state index is 11.3. The van der Waals surface area contributed by atoms with Crippen LogP contribution in [-0.4, -0.2) is 36.0 Å². The van der Waals surface area contributed by atoms with Crippen molar-refractivity contribution in [1.82, 2.24) is 10.6 Å². The largest absolute Gasteiger partial charge is 0.480 e. The van der Waals surface area contributed by atoms with E-state index in [-0.39, 0.29) is 13.0 Å². The van der Waals surface area contributed by atoms with E-state index in [9.17, 15) is 14.4 Å². The Morgan fingerprint density at radius 2 is 1.94 bits per heavy atom. The predicted octanol–water partition coefficient (Wildman–Crippen LogP) is -0.456. The number of benzene rings is 1. The first kappa shape index (κ1) is 13.7. The number of hydrogen-bond donors (Lipinski definition) is 3. The van der Waals surface area contributed by atoms with Crippen LogP contribution in [0.1, 0.15) is 5.56 Å². The summed E-state index contributed by atoms with van der Waals surface area (Å²) in [5.74, 6) is -1.65. The van der Waals surface area contributed by atoms with Gasteiger partial charge in [-0.1, -0.05) is 30.3 Å². The van der Waals surface area contributed by atoms with Crippen molar-refractivity contribution in [3.8, 4) is 0 Å². The molecule has 0 aliphatic rings. The third-order valence-corrected chi connectivity index (χ3v) is 2.26. The van der Waals surface area contributed by atoms with Crippen molar-refractivity contribution in [2.45, 2.75) is 12.5 Å². The molecule has 3 N–H and O–H groups in total. The lowest BCUT2D eigenvalue weighted by atomic mass is 10.1. The molecule has 96 valence electrons. The predicted molar refractivity (Wildman–Crippen MR) is 63.8 cm³/mol. The molecule has 0 aliphatic heterocycles. The summed E-state index contributed by atoms with van der Waals surface area (Å²) < 4.78 is 0. The Morgan fingerprint density at radius 1 is 1.28 bits per heavy atom. The van der Waals surface area contributed by atoms with Crippen LogP contribution in [0.2, 0.25) is 0 Å². The van der Waals surface area contributed by atoms with E-state index in [1.54, 1.807) is 24.3 Å². The van der Waals surface area contributed by atoms with Gasteiger partial charge in [-0.3, -0.25) is 9.59 Å². The fourth-order valence-electron chi connectivity index (χ4n) is 1.43. The Labute approximate surface area is 104 Å². The lowest BCUT2D eigenvalue weighted by Gasteiger charge is -2.14. The molecule has 0 fully saturated rings. The average molecular weight is 250 g/mol. The first-order valence-corrected chi connectivity index (χ1v) is 5.36. The smallest absolute Gasteiger partial charge is 0.326 e. The Hall–Kier alpha value is -2.37. The number of carboxylic acid groups (broad SMARTS) is 1. The number of nitrogens with one attached hydrogen (secondary N) is 2. The molecule has 0 bridgehead atoms. The van der Waals surface area contributed by atoms with Gasteiger partial charge in [-0.2, -0.15) is 0 Å². The Bertz CT molecular complexity index is 419. The number of carboxylic acids is 1.